The van der Waals surface area contributed by atoms with E-state index in [0.29, 0.717) is 15.4 Å². The van der Waals surface area contributed by atoms with Crippen molar-refractivity contribution < 1.29 is 4.79 Å². The Bertz CT molecular complexity index is 449. The molecule has 2 atom stereocenters. The van der Waals surface area contributed by atoms with Gasteiger partial charge in [0, 0.05) is 21.5 Å². The molecule has 0 heterocycles. The van der Waals surface area contributed by atoms with Crippen LogP contribution in [-0.2, 0) is 0 Å². The number of alkyl halides is 1. The van der Waals surface area contributed by atoms with Gasteiger partial charge >= 0.3 is 0 Å². The molecule has 18 heavy (non-hydrogen) atoms. The number of aryl methyl sites for hydroxylation is 1. The van der Waals surface area contributed by atoms with Crippen LogP contribution in [0.4, 0.5) is 0 Å². The van der Waals surface area contributed by atoms with E-state index in [1.165, 1.54) is 12.8 Å². The number of rotatable bonds is 2. The van der Waals surface area contributed by atoms with Crippen LogP contribution in [0.1, 0.15) is 41.6 Å². The second-order valence-electron chi connectivity index (χ2n) is 4.84. The van der Waals surface area contributed by atoms with Crippen LogP contribution in [0, 0.1) is 6.92 Å². The van der Waals surface area contributed by atoms with Crippen molar-refractivity contribution in [3.8, 4) is 0 Å². The van der Waals surface area contributed by atoms with Crippen molar-refractivity contribution in [2.75, 3.05) is 0 Å². The molecule has 1 aliphatic rings. The third-order valence-electron chi connectivity index (χ3n) is 3.42. The normalized spacial score (nSPS) is 23.7. The smallest absolute Gasteiger partial charge is 0.251 e. The van der Waals surface area contributed by atoms with Gasteiger partial charge in [0.05, 0.1) is 0 Å². The van der Waals surface area contributed by atoms with Crippen LogP contribution < -0.4 is 5.32 Å². The highest BCUT2D eigenvalue weighted by molar-refractivity contribution is 9.09. The van der Waals surface area contributed by atoms with Gasteiger partial charge in [0.1, 0.15) is 0 Å². The van der Waals surface area contributed by atoms with E-state index in [1.807, 2.05) is 13.0 Å². The van der Waals surface area contributed by atoms with Gasteiger partial charge in [0.15, 0.2) is 0 Å². The van der Waals surface area contributed by atoms with Crippen LogP contribution in [-0.4, -0.2) is 16.8 Å². The molecule has 1 fully saturated rings. The highest BCUT2D eigenvalue weighted by Crippen LogP contribution is 2.25. The minimum absolute atomic E-state index is 0.00823. The first-order valence-electron chi connectivity index (χ1n) is 6.29. The molecule has 1 aromatic rings. The Balaban J connectivity index is 2.04. The fourth-order valence-corrected chi connectivity index (χ4v) is 3.12. The lowest BCUT2D eigenvalue weighted by Crippen LogP contribution is -2.42. The van der Waals surface area contributed by atoms with Crippen molar-refractivity contribution >= 4 is 33.4 Å². The molecule has 2 rings (SSSR count). The molecule has 1 N–H and O–H groups in total. The molecule has 0 saturated heterocycles. The summed E-state index contributed by atoms with van der Waals surface area (Å²) in [6.07, 6.45) is 4.61. The third-order valence-corrected chi connectivity index (χ3v) is 4.94. The van der Waals surface area contributed by atoms with Gasteiger partial charge in [-0.25, -0.2) is 0 Å². The lowest BCUT2D eigenvalue weighted by molar-refractivity contribution is 0.0930. The summed E-state index contributed by atoms with van der Waals surface area (Å²) in [5, 5.41) is 3.80. The highest BCUT2D eigenvalue weighted by Gasteiger charge is 2.24. The summed E-state index contributed by atoms with van der Waals surface area (Å²) in [6, 6.07) is 5.63. The number of amides is 1. The third kappa shape index (κ3) is 3.27. The number of carbonyl (C=O) groups is 1. The monoisotopic (exact) mass is 329 g/mol. The molecule has 0 bridgehead atoms. The fourth-order valence-electron chi connectivity index (χ4n) is 2.29. The molecular weight excluding hydrogens is 314 g/mol. The Morgan fingerprint density at radius 2 is 2.11 bits per heavy atom. The summed E-state index contributed by atoms with van der Waals surface area (Å²) in [6.45, 7) is 1.91. The summed E-state index contributed by atoms with van der Waals surface area (Å²) in [5.41, 5.74) is 1.62. The van der Waals surface area contributed by atoms with Crippen molar-refractivity contribution in [3.05, 3.63) is 34.3 Å². The molecule has 4 heteroatoms. The van der Waals surface area contributed by atoms with Crippen molar-refractivity contribution in [1.82, 2.24) is 5.32 Å². The molecule has 0 spiro atoms. The molecule has 1 aliphatic carbocycles. The van der Waals surface area contributed by atoms with Crippen molar-refractivity contribution in [1.29, 1.82) is 0 Å². The molecule has 2 unspecified atom stereocenters. The van der Waals surface area contributed by atoms with E-state index in [-0.39, 0.29) is 11.9 Å². The van der Waals surface area contributed by atoms with Crippen molar-refractivity contribution in [2.45, 2.75) is 43.5 Å². The van der Waals surface area contributed by atoms with Crippen molar-refractivity contribution in [2.24, 2.45) is 0 Å². The molecule has 1 aromatic carbocycles. The number of carbonyl (C=O) groups excluding carboxylic acids is 1. The summed E-state index contributed by atoms with van der Waals surface area (Å²) < 4.78 is 0. The van der Waals surface area contributed by atoms with Gasteiger partial charge in [0.25, 0.3) is 5.91 Å². The quantitative estimate of drug-likeness (QED) is 0.813. The van der Waals surface area contributed by atoms with E-state index < -0.39 is 0 Å². The second-order valence-corrected chi connectivity index (χ2v) is 6.43. The molecular formula is C14H17BrClNO. The molecule has 0 aliphatic heterocycles. The van der Waals surface area contributed by atoms with Crippen LogP contribution in [0.25, 0.3) is 0 Å². The van der Waals surface area contributed by atoms with Gasteiger partial charge in [-0.2, -0.15) is 0 Å². The summed E-state index contributed by atoms with van der Waals surface area (Å²) in [7, 11) is 0. The van der Waals surface area contributed by atoms with E-state index in [9.17, 15) is 4.79 Å². The Morgan fingerprint density at radius 3 is 2.78 bits per heavy atom. The van der Waals surface area contributed by atoms with E-state index in [1.54, 1.807) is 12.1 Å². The summed E-state index contributed by atoms with van der Waals surface area (Å²) in [4.78, 5) is 12.5. The van der Waals surface area contributed by atoms with E-state index >= 15 is 0 Å². The lowest BCUT2D eigenvalue weighted by atomic mass is 9.95. The maximum atomic E-state index is 12.1. The zero-order chi connectivity index (χ0) is 13.1. The Hall–Kier alpha value is -0.540. The predicted molar refractivity (Wildman–Crippen MR) is 78.6 cm³/mol. The fraction of sp³-hybridized carbons (Fsp3) is 0.500. The molecule has 0 radical (unpaired) electrons. The Morgan fingerprint density at radius 1 is 1.39 bits per heavy atom. The van der Waals surface area contributed by atoms with Crippen LogP contribution in [0.5, 0.6) is 0 Å². The topological polar surface area (TPSA) is 29.1 Å². The van der Waals surface area contributed by atoms with Gasteiger partial charge in [-0.3, -0.25) is 4.79 Å². The molecule has 1 amide bonds. The van der Waals surface area contributed by atoms with Crippen molar-refractivity contribution in [3.63, 3.8) is 0 Å². The summed E-state index contributed by atoms with van der Waals surface area (Å²) in [5.74, 6) is -0.00823. The number of nitrogens with one attached hydrogen (secondary N) is 1. The van der Waals surface area contributed by atoms with E-state index in [4.69, 9.17) is 11.6 Å². The van der Waals surface area contributed by atoms with Crippen LogP contribution >= 0.6 is 27.5 Å². The predicted octanol–water partition coefficient (Wildman–Crippen LogP) is 4.08. The molecule has 98 valence electrons. The van der Waals surface area contributed by atoms with E-state index in [2.05, 4.69) is 21.2 Å². The van der Waals surface area contributed by atoms with Gasteiger partial charge < -0.3 is 5.32 Å². The maximum Gasteiger partial charge on any atom is 0.251 e. The average molecular weight is 331 g/mol. The van der Waals surface area contributed by atoms with Crippen LogP contribution in [0.2, 0.25) is 5.02 Å². The minimum Gasteiger partial charge on any atom is -0.348 e. The lowest BCUT2D eigenvalue weighted by Gasteiger charge is -2.28. The zero-order valence-electron chi connectivity index (χ0n) is 10.4. The first-order chi connectivity index (χ1) is 8.58. The van der Waals surface area contributed by atoms with Gasteiger partial charge in [-0.15, -0.1) is 0 Å². The Labute approximate surface area is 121 Å². The molecule has 1 saturated carbocycles. The number of hydrogen-bond acceptors (Lipinski definition) is 1. The first-order valence-corrected chi connectivity index (χ1v) is 7.58. The average Bonchev–Trinajstić information content (AvgIpc) is 2.35. The molecule has 2 nitrogen and oxygen atoms in total. The van der Waals surface area contributed by atoms with Crippen LogP contribution in [0.15, 0.2) is 18.2 Å². The van der Waals surface area contributed by atoms with Gasteiger partial charge in [-0.1, -0.05) is 40.4 Å². The highest BCUT2D eigenvalue weighted by atomic mass is 79.9. The first kappa shape index (κ1) is 13.9. The van der Waals surface area contributed by atoms with Crippen LogP contribution in [0.3, 0.4) is 0 Å². The second kappa shape index (κ2) is 6.07. The number of hydrogen-bond donors (Lipinski definition) is 1. The SMILES string of the molecule is Cc1cc(C(=O)NC2CCCCC2Br)ccc1Cl. The number of halogens is 2. The van der Waals surface area contributed by atoms with E-state index in [0.717, 1.165) is 18.4 Å². The summed E-state index contributed by atoms with van der Waals surface area (Å²) >= 11 is 9.61. The maximum absolute atomic E-state index is 12.1. The Kier molecular flexibility index (Phi) is 4.68. The van der Waals surface area contributed by atoms with Gasteiger partial charge in [-0.05, 0) is 43.5 Å². The van der Waals surface area contributed by atoms with Gasteiger partial charge in [0.2, 0.25) is 0 Å². The number of benzene rings is 1. The zero-order valence-corrected chi connectivity index (χ0v) is 12.7. The largest absolute Gasteiger partial charge is 0.348 e. The minimum atomic E-state index is -0.00823. The molecule has 0 aromatic heterocycles. The standard InChI is InChI=1S/C14H17BrClNO/c1-9-8-10(6-7-12(9)16)14(18)17-13-5-3-2-4-11(13)15/h6-8,11,13H,2-5H2,1H3,(H,17,18).